The van der Waals surface area contributed by atoms with Crippen molar-refractivity contribution < 1.29 is 13.2 Å². The minimum Gasteiger partial charge on any atom is -0.338 e. The quantitative estimate of drug-likeness (QED) is 0.750. The predicted octanol–water partition coefficient (Wildman–Crippen LogP) is 0.411. The minimum absolute atomic E-state index is 0.0979. The molecule has 2 amide bonds. The molecule has 1 aromatic heterocycles. The Balaban J connectivity index is 1.96. The number of nitrogens with zero attached hydrogens (tertiary/aromatic N) is 4. The van der Waals surface area contributed by atoms with Gasteiger partial charge in [0.25, 0.3) is 0 Å². The van der Waals surface area contributed by atoms with Crippen molar-refractivity contribution in [3.05, 3.63) is 18.0 Å². The number of carbonyl (C=O) groups is 1. The molecule has 8 nitrogen and oxygen atoms in total. The highest BCUT2D eigenvalue weighted by molar-refractivity contribution is 7.91. The van der Waals surface area contributed by atoms with Crippen LogP contribution in [0.25, 0.3) is 0 Å². The second-order valence-corrected chi connectivity index (χ2v) is 9.23. The number of sulfone groups is 1. The SMILES string of the molecule is CCS(=O)(=O)CCN1Cc2ccnn2CC(CCNC(=O)N(C)C)C1. The normalized spacial score (nSPS) is 18.4. The number of hydrogen-bond donors (Lipinski definition) is 1. The molecule has 0 aromatic carbocycles. The van der Waals surface area contributed by atoms with Crippen molar-refractivity contribution in [2.24, 2.45) is 5.92 Å². The van der Waals surface area contributed by atoms with E-state index in [-0.39, 0.29) is 17.5 Å². The first-order valence-electron chi connectivity index (χ1n) is 8.69. The average molecular weight is 372 g/mol. The summed E-state index contributed by atoms with van der Waals surface area (Å²) in [5, 5.41) is 7.26. The molecule has 1 aliphatic heterocycles. The third kappa shape index (κ3) is 6.00. The molecule has 0 bridgehead atoms. The van der Waals surface area contributed by atoms with Crippen LogP contribution >= 0.6 is 0 Å². The summed E-state index contributed by atoms with van der Waals surface area (Å²) >= 11 is 0. The van der Waals surface area contributed by atoms with Gasteiger partial charge in [-0.2, -0.15) is 5.10 Å². The van der Waals surface area contributed by atoms with Crippen LogP contribution in [0.5, 0.6) is 0 Å². The van der Waals surface area contributed by atoms with Gasteiger partial charge in [0.05, 0.1) is 11.4 Å². The van der Waals surface area contributed by atoms with Crippen LogP contribution in [0.4, 0.5) is 4.79 Å². The summed E-state index contributed by atoms with van der Waals surface area (Å²) in [4.78, 5) is 15.3. The number of amides is 2. The molecule has 0 saturated carbocycles. The Bertz CT molecular complexity index is 671. The number of carbonyl (C=O) groups excluding carboxylic acids is 1. The Labute approximate surface area is 150 Å². The van der Waals surface area contributed by atoms with Gasteiger partial charge in [0.2, 0.25) is 0 Å². The van der Waals surface area contributed by atoms with E-state index in [0.717, 1.165) is 25.2 Å². The van der Waals surface area contributed by atoms with Gasteiger partial charge < -0.3 is 10.2 Å². The fraction of sp³-hybridized carbons (Fsp3) is 0.750. The third-order valence-corrected chi connectivity index (χ3v) is 6.22. The smallest absolute Gasteiger partial charge is 0.316 e. The molecule has 1 unspecified atom stereocenters. The highest BCUT2D eigenvalue weighted by Crippen LogP contribution is 2.18. The predicted molar refractivity (Wildman–Crippen MR) is 97.0 cm³/mol. The molecule has 1 aliphatic rings. The largest absolute Gasteiger partial charge is 0.338 e. The average Bonchev–Trinajstić information content (AvgIpc) is 2.92. The number of hydrogen-bond acceptors (Lipinski definition) is 5. The Morgan fingerprint density at radius 3 is 2.84 bits per heavy atom. The van der Waals surface area contributed by atoms with Crippen LogP contribution < -0.4 is 5.32 Å². The van der Waals surface area contributed by atoms with Crippen molar-refractivity contribution >= 4 is 15.9 Å². The van der Waals surface area contributed by atoms with E-state index in [1.54, 1.807) is 27.2 Å². The molecule has 0 fully saturated rings. The van der Waals surface area contributed by atoms with Crippen LogP contribution in [0, 0.1) is 5.92 Å². The molecule has 25 heavy (non-hydrogen) atoms. The first-order valence-corrected chi connectivity index (χ1v) is 10.5. The number of aromatic nitrogens is 2. The Kier molecular flexibility index (Phi) is 6.83. The van der Waals surface area contributed by atoms with E-state index in [4.69, 9.17) is 0 Å². The van der Waals surface area contributed by atoms with Gasteiger partial charge in [-0.3, -0.25) is 9.58 Å². The molecular formula is C16H29N5O3S. The van der Waals surface area contributed by atoms with Crippen molar-refractivity contribution in [1.29, 1.82) is 0 Å². The molecule has 0 radical (unpaired) electrons. The van der Waals surface area contributed by atoms with Crippen LogP contribution in [0.2, 0.25) is 0 Å². The lowest BCUT2D eigenvalue weighted by Crippen LogP contribution is -2.37. The van der Waals surface area contributed by atoms with Gasteiger partial charge in [-0.25, -0.2) is 13.2 Å². The van der Waals surface area contributed by atoms with Gasteiger partial charge in [0.1, 0.15) is 0 Å². The summed E-state index contributed by atoms with van der Waals surface area (Å²) in [6, 6.07) is 1.89. The summed E-state index contributed by atoms with van der Waals surface area (Å²) in [6.45, 7) is 5.11. The summed E-state index contributed by atoms with van der Waals surface area (Å²) in [5.74, 6) is 0.675. The molecule has 0 saturated heterocycles. The van der Waals surface area contributed by atoms with Crippen molar-refractivity contribution in [3.63, 3.8) is 0 Å². The molecule has 9 heteroatoms. The Morgan fingerprint density at radius 1 is 1.40 bits per heavy atom. The minimum atomic E-state index is -2.98. The maximum Gasteiger partial charge on any atom is 0.316 e. The van der Waals surface area contributed by atoms with Gasteiger partial charge in [-0.1, -0.05) is 6.92 Å². The summed E-state index contributed by atoms with van der Waals surface area (Å²) in [5.41, 5.74) is 1.11. The second-order valence-electron chi connectivity index (χ2n) is 6.76. The van der Waals surface area contributed by atoms with Crippen LogP contribution in [0.15, 0.2) is 12.3 Å². The zero-order valence-electron chi connectivity index (χ0n) is 15.3. The molecule has 2 heterocycles. The zero-order valence-corrected chi connectivity index (χ0v) is 16.1. The van der Waals surface area contributed by atoms with E-state index in [0.29, 0.717) is 25.6 Å². The molecule has 1 aromatic rings. The fourth-order valence-corrected chi connectivity index (χ4v) is 3.75. The maximum atomic E-state index is 11.8. The lowest BCUT2D eigenvalue weighted by atomic mass is 10.1. The molecular weight excluding hydrogens is 342 g/mol. The highest BCUT2D eigenvalue weighted by Gasteiger charge is 2.23. The zero-order chi connectivity index (χ0) is 18.4. The second kappa shape index (κ2) is 8.66. The van der Waals surface area contributed by atoms with Gasteiger partial charge in [-0.05, 0) is 18.4 Å². The monoisotopic (exact) mass is 371 g/mol. The van der Waals surface area contributed by atoms with Crippen molar-refractivity contribution in [2.75, 3.05) is 45.2 Å². The molecule has 0 aliphatic carbocycles. The van der Waals surface area contributed by atoms with Crippen molar-refractivity contribution in [2.45, 2.75) is 26.4 Å². The standard InChI is InChI=1S/C16H29N5O3S/c1-4-25(23,24)10-9-20-11-14(5-7-17-16(22)19(2)3)12-21-15(13-20)6-8-18-21/h6,8,14H,4-5,7,9-13H2,1-3H3,(H,17,22). The van der Waals surface area contributed by atoms with Crippen LogP contribution in [0.3, 0.4) is 0 Å². The van der Waals surface area contributed by atoms with E-state index in [1.807, 2.05) is 10.7 Å². The Hall–Kier alpha value is -1.61. The van der Waals surface area contributed by atoms with E-state index >= 15 is 0 Å². The Morgan fingerprint density at radius 2 is 2.16 bits per heavy atom. The van der Waals surface area contributed by atoms with Crippen molar-refractivity contribution in [3.8, 4) is 0 Å². The fourth-order valence-electron chi connectivity index (χ4n) is 2.93. The number of nitrogens with one attached hydrogen (secondary N) is 1. The molecule has 142 valence electrons. The topological polar surface area (TPSA) is 87.5 Å². The summed E-state index contributed by atoms with van der Waals surface area (Å²) < 4.78 is 25.6. The molecule has 1 atom stereocenters. The maximum absolute atomic E-state index is 11.8. The number of rotatable bonds is 7. The lowest BCUT2D eigenvalue weighted by molar-refractivity contribution is 0.212. The van der Waals surface area contributed by atoms with Gasteiger partial charge >= 0.3 is 6.03 Å². The van der Waals surface area contributed by atoms with E-state index < -0.39 is 9.84 Å². The third-order valence-electron chi connectivity index (χ3n) is 4.53. The van der Waals surface area contributed by atoms with Crippen LogP contribution in [-0.2, 0) is 22.9 Å². The highest BCUT2D eigenvalue weighted by atomic mass is 32.2. The molecule has 2 rings (SSSR count). The van der Waals surface area contributed by atoms with Crippen LogP contribution in [-0.4, -0.2) is 79.3 Å². The van der Waals surface area contributed by atoms with E-state index in [9.17, 15) is 13.2 Å². The van der Waals surface area contributed by atoms with Gasteiger partial charge in [-0.15, -0.1) is 0 Å². The van der Waals surface area contributed by atoms with E-state index in [1.165, 1.54) is 4.90 Å². The molecule has 0 spiro atoms. The summed E-state index contributed by atoms with van der Waals surface area (Å²) in [7, 11) is 0.454. The van der Waals surface area contributed by atoms with Gasteiger partial charge in [0, 0.05) is 58.8 Å². The van der Waals surface area contributed by atoms with Crippen LogP contribution in [0.1, 0.15) is 19.0 Å². The van der Waals surface area contributed by atoms with E-state index in [2.05, 4.69) is 15.3 Å². The van der Waals surface area contributed by atoms with Gasteiger partial charge in [0.15, 0.2) is 9.84 Å². The first kappa shape index (κ1) is 19.7. The number of urea groups is 1. The number of fused-ring (bicyclic) bond motifs is 1. The molecule has 1 N–H and O–H groups in total. The van der Waals surface area contributed by atoms with Crippen molar-refractivity contribution in [1.82, 2.24) is 24.9 Å². The first-order chi connectivity index (χ1) is 11.8. The summed E-state index contributed by atoms with van der Waals surface area (Å²) in [6.07, 6.45) is 2.61. The lowest BCUT2D eigenvalue weighted by Gasteiger charge is -2.24.